The number of halogens is 3. The van der Waals surface area contributed by atoms with Gasteiger partial charge in [-0.05, 0) is 30.5 Å². The molecule has 1 N–H and O–H groups in total. The Morgan fingerprint density at radius 2 is 2.06 bits per heavy atom. The monoisotopic (exact) mass is 261 g/mol. The molecule has 18 heavy (non-hydrogen) atoms. The maximum Gasteiger partial charge on any atom is 0.471 e. The van der Waals surface area contributed by atoms with Crippen LogP contribution < -0.4 is 10.1 Å². The number of hydrogen-bond donors (Lipinski definition) is 1. The molecular weight excluding hydrogens is 247 g/mol. The minimum atomic E-state index is -4.82. The Hall–Kier alpha value is -1.72. The second-order valence-electron chi connectivity index (χ2n) is 3.81. The number of alkyl halides is 3. The molecule has 0 aromatic heterocycles. The molecule has 0 atom stereocenters. The third kappa shape index (κ3) is 3.94. The van der Waals surface area contributed by atoms with Crippen LogP contribution in [0, 0.1) is 6.92 Å². The van der Waals surface area contributed by atoms with Gasteiger partial charge in [-0.2, -0.15) is 13.2 Å². The van der Waals surface area contributed by atoms with E-state index in [4.69, 9.17) is 4.74 Å². The van der Waals surface area contributed by atoms with Gasteiger partial charge in [-0.15, -0.1) is 0 Å². The lowest BCUT2D eigenvalue weighted by atomic mass is 10.1. The second kappa shape index (κ2) is 5.75. The first-order chi connectivity index (χ1) is 8.34. The number of nitrogens with one attached hydrogen (secondary N) is 1. The van der Waals surface area contributed by atoms with Crippen molar-refractivity contribution in [1.82, 2.24) is 5.32 Å². The number of methoxy groups -OCH3 is 1. The van der Waals surface area contributed by atoms with Crippen molar-refractivity contribution in [2.45, 2.75) is 19.5 Å². The number of amides is 1. The van der Waals surface area contributed by atoms with Crippen molar-refractivity contribution >= 4 is 5.91 Å². The first-order valence-electron chi connectivity index (χ1n) is 5.33. The van der Waals surface area contributed by atoms with Gasteiger partial charge in [-0.1, -0.05) is 12.1 Å². The van der Waals surface area contributed by atoms with Crippen molar-refractivity contribution < 1.29 is 22.7 Å². The zero-order valence-corrected chi connectivity index (χ0v) is 10.1. The third-order valence-electron chi connectivity index (χ3n) is 2.42. The van der Waals surface area contributed by atoms with Crippen molar-refractivity contribution in [1.29, 1.82) is 0 Å². The molecule has 0 bridgehead atoms. The van der Waals surface area contributed by atoms with E-state index in [9.17, 15) is 18.0 Å². The summed E-state index contributed by atoms with van der Waals surface area (Å²) in [6, 6.07) is 5.32. The molecule has 1 rings (SSSR count). The van der Waals surface area contributed by atoms with Crippen LogP contribution in [-0.2, 0) is 11.2 Å². The van der Waals surface area contributed by atoms with E-state index in [0.29, 0.717) is 6.42 Å². The fraction of sp³-hybridized carbons (Fsp3) is 0.417. The van der Waals surface area contributed by atoms with Crippen LogP contribution in [0.5, 0.6) is 5.75 Å². The Bertz CT molecular complexity index is 430. The molecule has 0 unspecified atom stereocenters. The highest BCUT2D eigenvalue weighted by Gasteiger charge is 2.38. The predicted molar refractivity (Wildman–Crippen MR) is 60.5 cm³/mol. The van der Waals surface area contributed by atoms with Crippen LogP contribution >= 0.6 is 0 Å². The molecule has 0 spiro atoms. The van der Waals surface area contributed by atoms with Crippen LogP contribution in [0.2, 0.25) is 0 Å². The lowest BCUT2D eigenvalue weighted by molar-refractivity contribution is -0.173. The maximum atomic E-state index is 11.9. The SMILES string of the molecule is COc1ccc(CCNC(=O)C(F)(F)F)cc1C. The van der Waals surface area contributed by atoms with Gasteiger partial charge in [0.05, 0.1) is 7.11 Å². The molecule has 0 aliphatic rings. The Labute approximate surface area is 103 Å². The summed E-state index contributed by atoms with van der Waals surface area (Å²) < 4.78 is 40.8. The van der Waals surface area contributed by atoms with Gasteiger partial charge in [-0.25, -0.2) is 0 Å². The average molecular weight is 261 g/mol. The highest BCUT2D eigenvalue weighted by molar-refractivity contribution is 5.81. The van der Waals surface area contributed by atoms with E-state index in [2.05, 4.69) is 0 Å². The van der Waals surface area contributed by atoms with Crippen LogP contribution in [-0.4, -0.2) is 25.7 Å². The first kappa shape index (κ1) is 14.3. The summed E-state index contributed by atoms with van der Waals surface area (Å²) in [6.07, 6.45) is -4.48. The summed E-state index contributed by atoms with van der Waals surface area (Å²) >= 11 is 0. The Kier molecular flexibility index (Phi) is 4.58. The van der Waals surface area contributed by atoms with Gasteiger partial charge in [0.15, 0.2) is 0 Å². The van der Waals surface area contributed by atoms with E-state index in [0.717, 1.165) is 16.9 Å². The lowest BCUT2D eigenvalue weighted by Gasteiger charge is -2.09. The molecule has 0 aliphatic heterocycles. The van der Waals surface area contributed by atoms with Crippen LogP contribution in [0.1, 0.15) is 11.1 Å². The Morgan fingerprint density at radius 3 is 2.56 bits per heavy atom. The van der Waals surface area contributed by atoms with Gasteiger partial charge in [0.25, 0.3) is 0 Å². The Morgan fingerprint density at radius 1 is 1.39 bits per heavy atom. The van der Waals surface area contributed by atoms with Crippen molar-refractivity contribution in [3.8, 4) is 5.75 Å². The van der Waals surface area contributed by atoms with E-state index in [1.54, 1.807) is 19.2 Å². The van der Waals surface area contributed by atoms with Crippen molar-refractivity contribution in [3.63, 3.8) is 0 Å². The summed E-state index contributed by atoms with van der Waals surface area (Å²) in [7, 11) is 1.55. The van der Waals surface area contributed by atoms with Gasteiger partial charge in [0.1, 0.15) is 5.75 Å². The van der Waals surface area contributed by atoms with Crippen LogP contribution in [0.25, 0.3) is 0 Å². The van der Waals surface area contributed by atoms with Crippen molar-refractivity contribution in [3.05, 3.63) is 29.3 Å². The Balaban J connectivity index is 2.50. The molecule has 6 heteroatoms. The fourth-order valence-electron chi connectivity index (χ4n) is 1.52. The third-order valence-corrected chi connectivity index (χ3v) is 2.42. The standard InChI is InChI=1S/C12H14F3NO2/c1-8-7-9(3-4-10(8)18-2)5-6-16-11(17)12(13,14)15/h3-4,7H,5-6H2,1-2H3,(H,16,17). The molecule has 0 fully saturated rings. The topological polar surface area (TPSA) is 38.3 Å². The summed E-state index contributed by atoms with van der Waals surface area (Å²) in [5.74, 6) is -1.19. The minimum Gasteiger partial charge on any atom is -0.496 e. The number of carbonyl (C=O) groups is 1. The predicted octanol–water partition coefficient (Wildman–Crippen LogP) is 2.22. The fourth-order valence-corrected chi connectivity index (χ4v) is 1.52. The highest BCUT2D eigenvalue weighted by Crippen LogP contribution is 2.18. The van der Waals surface area contributed by atoms with Crippen molar-refractivity contribution in [2.24, 2.45) is 0 Å². The van der Waals surface area contributed by atoms with Gasteiger partial charge in [0.2, 0.25) is 0 Å². The van der Waals surface area contributed by atoms with E-state index in [1.165, 1.54) is 0 Å². The molecule has 0 saturated carbocycles. The van der Waals surface area contributed by atoms with E-state index < -0.39 is 12.1 Å². The molecule has 1 aromatic carbocycles. The summed E-state index contributed by atoms with van der Waals surface area (Å²) in [5, 5.41) is 1.82. The smallest absolute Gasteiger partial charge is 0.471 e. The average Bonchev–Trinajstić information content (AvgIpc) is 2.28. The molecule has 0 heterocycles. The summed E-state index contributed by atoms with van der Waals surface area (Å²) in [4.78, 5) is 10.6. The molecule has 1 amide bonds. The largest absolute Gasteiger partial charge is 0.496 e. The minimum absolute atomic E-state index is 0.0515. The first-order valence-corrected chi connectivity index (χ1v) is 5.33. The molecule has 1 aromatic rings. The molecule has 3 nitrogen and oxygen atoms in total. The van der Waals surface area contributed by atoms with Gasteiger partial charge >= 0.3 is 12.1 Å². The van der Waals surface area contributed by atoms with Crippen LogP contribution in [0.15, 0.2) is 18.2 Å². The molecule has 0 radical (unpaired) electrons. The molecule has 0 aliphatic carbocycles. The molecule has 0 saturated heterocycles. The maximum absolute atomic E-state index is 11.9. The number of ether oxygens (including phenoxy) is 1. The van der Waals surface area contributed by atoms with E-state index in [-0.39, 0.29) is 6.54 Å². The van der Waals surface area contributed by atoms with Gasteiger partial charge in [-0.3, -0.25) is 4.79 Å². The number of hydrogen-bond acceptors (Lipinski definition) is 2. The molecule has 100 valence electrons. The quantitative estimate of drug-likeness (QED) is 0.902. The highest BCUT2D eigenvalue weighted by atomic mass is 19.4. The normalized spacial score (nSPS) is 11.2. The molecular formula is C12H14F3NO2. The number of rotatable bonds is 4. The van der Waals surface area contributed by atoms with E-state index in [1.807, 2.05) is 18.3 Å². The second-order valence-corrected chi connectivity index (χ2v) is 3.81. The summed E-state index contributed by atoms with van der Waals surface area (Å²) in [6.45, 7) is 1.79. The van der Waals surface area contributed by atoms with Gasteiger partial charge in [0, 0.05) is 6.54 Å². The van der Waals surface area contributed by atoms with Crippen LogP contribution in [0.4, 0.5) is 13.2 Å². The van der Waals surface area contributed by atoms with Crippen LogP contribution in [0.3, 0.4) is 0 Å². The lowest BCUT2D eigenvalue weighted by Crippen LogP contribution is -2.37. The summed E-state index contributed by atoms with van der Waals surface area (Å²) in [5.41, 5.74) is 1.74. The van der Waals surface area contributed by atoms with E-state index >= 15 is 0 Å². The van der Waals surface area contributed by atoms with Crippen molar-refractivity contribution in [2.75, 3.05) is 13.7 Å². The number of carbonyl (C=O) groups excluding carboxylic acids is 1. The zero-order valence-electron chi connectivity index (χ0n) is 10.1. The number of aryl methyl sites for hydroxylation is 1. The zero-order chi connectivity index (χ0) is 13.8. The number of benzene rings is 1. The van der Waals surface area contributed by atoms with Gasteiger partial charge < -0.3 is 10.1 Å².